The van der Waals surface area contributed by atoms with E-state index in [9.17, 15) is 8.42 Å². The number of H-pyrrole nitrogens is 1. The van der Waals surface area contributed by atoms with Gasteiger partial charge >= 0.3 is 0 Å². The largest absolute Gasteiger partial charge is 0.332 e. The average Bonchev–Trinajstić information content (AvgIpc) is 2.83. The van der Waals surface area contributed by atoms with Crippen molar-refractivity contribution in [2.24, 2.45) is 0 Å². The maximum Gasteiger partial charge on any atom is 0.260 e. The number of rotatable bonds is 8. The van der Waals surface area contributed by atoms with E-state index in [-0.39, 0.29) is 10.9 Å². The normalized spacial score (nSPS) is 12.2. The highest BCUT2D eigenvalue weighted by Gasteiger charge is 2.25. The minimum atomic E-state index is -3.49. The molecule has 0 atom stereocenters. The summed E-state index contributed by atoms with van der Waals surface area (Å²) in [6, 6.07) is 0. The molecule has 0 radical (unpaired) electrons. The van der Waals surface area contributed by atoms with Crippen molar-refractivity contribution in [2.75, 3.05) is 19.0 Å². The van der Waals surface area contributed by atoms with Crippen LogP contribution in [0, 0.1) is 0 Å². The van der Waals surface area contributed by atoms with E-state index in [1.54, 1.807) is 0 Å². The molecule has 1 heterocycles. The number of aryl methyl sites for hydroxylation is 1. The quantitative estimate of drug-likeness (QED) is 0.746. The third-order valence-corrected chi connectivity index (χ3v) is 4.63. The Morgan fingerprint density at radius 3 is 2.61 bits per heavy atom. The third-order valence-electron chi connectivity index (χ3n) is 2.65. The fourth-order valence-electron chi connectivity index (χ4n) is 1.57. The number of hydrogen-bond acceptors (Lipinski definition) is 3. The Hall–Kier alpha value is -0.590. The second-order valence-electron chi connectivity index (χ2n) is 3.99. The van der Waals surface area contributed by atoms with Crippen molar-refractivity contribution >= 4 is 21.6 Å². The van der Waals surface area contributed by atoms with Crippen molar-refractivity contribution in [1.29, 1.82) is 0 Å². The van der Waals surface area contributed by atoms with Crippen molar-refractivity contribution < 1.29 is 8.42 Å². The van der Waals surface area contributed by atoms with Crippen LogP contribution in [-0.2, 0) is 16.4 Å². The van der Waals surface area contributed by atoms with Crippen LogP contribution in [0.3, 0.4) is 0 Å². The van der Waals surface area contributed by atoms with Gasteiger partial charge in [0.1, 0.15) is 5.82 Å². The second-order valence-corrected chi connectivity index (χ2v) is 6.28. The summed E-state index contributed by atoms with van der Waals surface area (Å²) in [5.74, 6) is 0.965. The van der Waals surface area contributed by atoms with Crippen LogP contribution in [0.25, 0.3) is 0 Å². The lowest BCUT2D eigenvalue weighted by molar-refractivity contribution is 0.418. The van der Waals surface area contributed by atoms with Gasteiger partial charge in [0.15, 0.2) is 5.03 Å². The molecule has 0 unspecified atom stereocenters. The van der Waals surface area contributed by atoms with E-state index < -0.39 is 10.0 Å². The monoisotopic (exact) mass is 293 g/mol. The van der Waals surface area contributed by atoms with Gasteiger partial charge < -0.3 is 4.98 Å². The van der Waals surface area contributed by atoms with Gasteiger partial charge in [0, 0.05) is 25.4 Å². The van der Waals surface area contributed by atoms with Gasteiger partial charge in [-0.15, -0.1) is 11.6 Å². The van der Waals surface area contributed by atoms with Gasteiger partial charge in [-0.25, -0.2) is 13.4 Å². The summed E-state index contributed by atoms with van der Waals surface area (Å²) in [6.07, 6.45) is 3.82. The zero-order chi connectivity index (χ0) is 13.6. The molecule has 104 valence electrons. The summed E-state index contributed by atoms with van der Waals surface area (Å²) in [5, 5.41) is 0.153. The number of aromatic nitrogens is 2. The van der Waals surface area contributed by atoms with Crippen LogP contribution in [0.4, 0.5) is 0 Å². The van der Waals surface area contributed by atoms with Crippen molar-refractivity contribution in [3.05, 3.63) is 12.0 Å². The van der Waals surface area contributed by atoms with Gasteiger partial charge in [-0.05, 0) is 6.42 Å². The van der Waals surface area contributed by atoms with Crippen molar-refractivity contribution in [3.63, 3.8) is 0 Å². The number of alkyl halides is 1. The first-order chi connectivity index (χ1) is 8.56. The number of nitrogens with zero attached hydrogens (tertiary/aromatic N) is 2. The van der Waals surface area contributed by atoms with E-state index in [0.29, 0.717) is 25.3 Å². The molecular formula is C11H20ClN3O2S. The summed E-state index contributed by atoms with van der Waals surface area (Å²) in [7, 11) is -3.49. The number of halogens is 1. The molecule has 1 N–H and O–H groups in total. The van der Waals surface area contributed by atoms with E-state index in [4.69, 9.17) is 11.6 Å². The molecule has 18 heavy (non-hydrogen) atoms. The standard InChI is InChI=1S/C11H20ClN3O2S/c1-3-5-7-15(8-6-12)18(16,17)11-9-13-10(4-2)14-11/h9H,3-8H2,1-2H3,(H,13,14). The Balaban J connectivity index is 2.92. The van der Waals surface area contributed by atoms with Crippen LogP contribution >= 0.6 is 11.6 Å². The van der Waals surface area contributed by atoms with Crippen molar-refractivity contribution in [1.82, 2.24) is 14.3 Å². The lowest BCUT2D eigenvalue weighted by Gasteiger charge is -2.19. The Morgan fingerprint density at radius 2 is 2.11 bits per heavy atom. The first-order valence-electron chi connectivity index (χ1n) is 6.16. The van der Waals surface area contributed by atoms with Crippen molar-refractivity contribution in [2.45, 2.75) is 38.1 Å². The van der Waals surface area contributed by atoms with Crippen LogP contribution in [0.15, 0.2) is 11.2 Å². The van der Waals surface area contributed by atoms with Crippen LogP contribution in [0.1, 0.15) is 32.5 Å². The molecule has 1 aromatic heterocycles. The molecule has 0 aliphatic rings. The second kappa shape index (κ2) is 7.11. The fraction of sp³-hybridized carbons (Fsp3) is 0.727. The van der Waals surface area contributed by atoms with Gasteiger partial charge in [-0.1, -0.05) is 20.3 Å². The topological polar surface area (TPSA) is 66.1 Å². The molecule has 0 aliphatic carbocycles. The first-order valence-corrected chi connectivity index (χ1v) is 8.13. The van der Waals surface area contributed by atoms with Crippen LogP contribution in [-0.4, -0.2) is 41.7 Å². The van der Waals surface area contributed by atoms with E-state index >= 15 is 0 Å². The molecule has 0 saturated carbocycles. The summed E-state index contributed by atoms with van der Waals surface area (Å²) >= 11 is 5.67. The molecule has 0 fully saturated rings. The van der Waals surface area contributed by atoms with Crippen LogP contribution < -0.4 is 0 Å². The molecule has 0 aliphatic heterocycles. The highest BCUT2D eigenvalue weighted by molar-refractivity contribution is 7.89. The molecule has 0 saturated heterocycles. The van der Waals surface area contributed by atoms with E-state index in [1.807, 2.05) is 13.8 Å². The molecule has 0 amide bonds. The average molecular weight is 294 g/mol. The Kier molecular flexibility index (Phi) is 6.11. The third kappa shape index (κ3) is 3.70. The number of sulfonamides is 1. The number of unbranched alkanes of at least 4 members (excludes halogenated alkanes) is 1. The number of nitrogens with one attached hydrogen (secondary N) is 1. The number of aromatic amines is 1. The first kappa shape index (κ1) is 15.5. The van der Waals surface area contributed by atoms with Gasteiger partial charge in [-0.3, -0.25) is 0 Å². The lowest BCUT2D eigenvalue weighted by Crippen LogP contribution is -2.34. The highest BCUT2D eigenvalue weighted by atomic mass is 35.5. The molecule has 0 aromatic carbocycles. The Labute approximate surface area is 114 Å². The van der Waals surface area contributed by atoms with E-state index in [2.05, 4.69) is 9.97 Å². The Bertz CT molecular complexity index is 459. The maximum atomic E-state index is 12.4. The highest BCUT2D eigenvalue weighted by Crippen LogP contribution is 2.14. The molecule has 7 heteroatoms. The summed E-state index contributed by atoms with van der Waals surface area (Å²) in [6.45, 7) is 4.76. The minimum Gasteiger partial charge on any atom is -0.332 e. The summed E-state index contributed by atoms with van der Waals surface area (Å²) in [4.78, 5) is 6.86. The van der Waals surface area contributed by atoms with Crippen LogP contribution in [0.2, 0.25) is 0 Å². The SMILES string of the molecule is CCCCN(CCCl)S(=O)(=O)c1cnc(CC)[nH]1. The maximum absolute atomic E-state index is 12.4. The number of imidazole rings is 1. The zero-order valence-electron chi connectivity index (χ0n) is 10.8. The van der Waals surface area contributed by atoms with Gasteiger partial charge in [0.2, 0.25) is 0 Å². The zero-order valence-corrected chi connectivity index (χ0v) is 12.4. The molecule has 5 nitrogen and oxygen atoms in total. The van der Waals surface area contributed by atoms with Gasteiger partial charge in [-0.2, -0.15) is 4.31 Å². The smallest absolute Gasteiger partial charge is 0.260 e. The fourth-order valence-corrected chi connectivity index (χ4v) is 3.29. The molecule has 0 spiro atoms. The predicted octanol–water partition coefficient (Wildman–Crippen LogP) is 2.00. The lowest BCUT2D eigenvalue weighted by atomic mass is 10.3. The molecular weight excluding hydrogens is 274 g/mol. The molecule has 0 bridgehead atoms. The molecule has 1 rings (SSSR count). The van der Waals surface area contributed by atoms with E-state index in [1.165, 1.54) is 10.5 Å². The summed E-state index contributed by atoms with van der Waals surface area (Å²) in [5.41, 5.74) is 0. The van der Waals surface area contributed by atoms with Crippen LogP contribution in [0.5, 0.6) is 0 Å². The Morgan fingerprint density at radius 1 is 1.39 bits per heavy atom. The molecule has 1 aromatic rings. The van der Waals surface area contributed by atoms with E-state index in [0.717, 1.165) is 12.8 Å². The minimum absolute atomic E-state index is 0.153. The summed E-state index contributed by atoms with van der Waals surface area (Å²) < 4.78 is 26.1. The van der Waals surface area contributed by atoms with Gasteiger partial charge in [0.25, 0.3) is 10.0 Å². The number of hydrogen-bond donors (Lipinski definition) is 1. The predicted molar refractivity (Wildman–Crippen MR) is 72.4 cm³/mol. The van der Waals surface area contributed by atoms with Crippen molar-refractivity contribution in [3.8, 4) is 0 Å². The van der Waals surface area contributed by atoms with Gasteiger partial charge in [0.05, 0.1) is 6.20 Å².